The van der Waals surface area contributed by atoms with Crippen LogP contribution in [-0.4, -0.2) is 114 Å². The van der Waals surface area contributed by atoms with Gasteiger partial charge in [-0.3, -0.25) is 14.4 Å². The second-order valence-corrected chi connectivity index (χ2v) is 14.0. The van der Waals surface area contributed by atoms with Crippen LogP contribution in [-0.2, 0) is 38.1 Å². The molecule has 3 saturated heterocycles. The predicted octanol–water partition coefficient (Wildman–Crippen LogP) is 3.13. The van der Waals surface area contributed by atoms with Gasteiger partial charge in [-0.25, -0.2) is 9.18 Å². The highest BCUT2D eigenvalue weighted by Gasteiger charge is 2.59. The van der Waals surface area contributed by atoms with Gasteiger partial charge in [-0.05, 0) is 61.6 Å². The molecule has 13 heteroatoms. The Bertz CT molecular complexity index is 1170. The maximum absolute atomic E-state index is 17.0. The van der Waals surface area contributed by atoms with E-state index in [2.05, 4.69) is 11.9 Å². The second-order valence-electron chi connectivity index (χ2n) is 14.0. The molecule has 0 bridgehead atoms. The Morgan fingerprint density at radius 3 is 2.30 bits per heavy atom. The number of aliphatic hydroxyl groups is 1. The van der Waals surface area contributed by atoms with Gasteiger partial charge in [0.25, 0.3) is 0 Å². The van der Waals surface area contributed by atoms with Crippen molar-refractivity contribution in [3.63, 3.8) is 0 Å². The first-order valence-electron chi connectivity index (χ1n) is 16.1. The van der Waals surface area contributed by atoms with Crippen molar-refractivity contribution in [3.8, 4) is 0 Å². The van der Waals surface area contributed by atoms with Gasteiger partial charge in [-0.1, -0.05) is 26.8 Å². The third-order valence-corrected chi connectivity index (χ3v) is 9.96. The van der Waals surface area contributed by atoms with Crippen molar-refractivity contribution in [1.29, 1.82) is 0 Å². The molecule has 262 valence electrons. The number of carbonyl (C=O) groups excluding carboxylic acids is 4. The summed E-state index contributed by atoms with van der Waals surface area (Å²) >= 11 is 0. The summed E-state index contributed by atoms with van der Waals surface area (Å²) in [5.74, 6) is -5.89. The number of carbonyl (C=O) groups is 4. The molecule has 46 heavy (non-hydrogen) atoms. The molecule has 0 spiro atoms. The molecule has 0 saturated carbocycles. The summed E-state index contributed by atoms with van der Waals surface area (Å²) in [6.07, 6.45) is -4.39. The van der Waals surface area contributed by atoms with Gasteiger partial charge in [0.15, 0.2) is 29.1 Å². The molecule has 0 aromatic carbocycles. The first-order chi connectivity index (χ1) is 21.2. The lowest BCUT2D eigenvalue weighted by atomic mass is 9.72. The van der Waals surface area contributed by atoms with E-state index in [1.807, 2.05) is 25.9 Å². The van der Waals surface area contributed by atoms with Crippen molar-refractivity contribution in [2.45, 2.75) is 134 Å². The molecule has 12 nitrogen and oxygen atoms in total. The highest BCUT2D eigenvalue weighted by atomic mass is 19.1. The van der Waals surface area contributed by atoms with Crippen molar-refractivity contribution in [1.82, 2.24) is 10.2 Å². The molecule has 3 aliphatic heterocycles. The van der Waals surface area contributed by atoms with E-state index in [0.717, 1.165) is 6.92 Å². The molecule has 2 N–H and O–H groups in total. The average molecular weight is 657 g/mol. The minimum absolute atomic E-state index is 0.0950. The van der Waals surface area contributed by atoms with Crippen LogP contribution in [0.5, 0.6) is 0 Å². The van der Waals surface area contributed by atoms with Crippen LogP contribution in [0.3, 0.4) is 0 Å². The Balaban J connectivity index is 2.19. The lowest BCUT2D eigenvalue weighted by Crippen LogP contribution is -2.62. The molecular weight excluding hydrogens is 603 g/mol. The Hall–Kier alpha value is -2.45. The van der Waals surface area contributed by atoms with E-state index in [-0.39, 0.29) is 25.2 Å². The van der Waals surface area contributed by atoms with Crippen molar-refractivity contribution < 1.29 is 52.4 Å². The summed E-state index contributed by atoms with van der Waals surface area (Å²) in [5.41, 5.74) is -5.81. The summed E-state index contributed by atoms with van der Waals surface area (Å²) < 4.78 is 47.0. The van der Waals surface area contributed by atoms with E-state index in [1.54, 1.807) is 6.92 Å². The van der Waals surface area contributed by atoms with Crippen LogP contribution in [0.15, 0.2) is 12.7 Å². The molecule has 3 rings (SSSR count). The number of hydrogen-bond acceptors (Lipinski definition) is 11. The molecule has 13 atom stereocenters. The first kappa shape index (κ1) is 38.0. The summed E-state index contributed by atoms with van der Waals surface area (Å²) in [6, 6.07) is -1.42. The van der Waals surface area contributed by atoms with Gasteiger partial charge in [0.2, 0.25) is 0 Å². The molecule has 0 aromatic rings. The third kappa shape index (κ3) is 7.48. The summed E-state index contributed by atoms with van der Waals surface area (Å²) in [6.45, 7) is 15.7. The quantitative estimate of drug-likeness (QED) is 0.236. The number of cyclic esters (lactones) is 1. The molecule has 0 aliphatic carbocycles. The lowest BCUT2D eigenvalue weighted by molar-refractivity contribution is -0.297. The predicted molar refractivity (Wildman–Crippen MR) is 165 cm³/mol. The number of hydrogen-bond donors (Lipinski definition) is 2. The van der Waals surface area contributed by atoms with Crippen molar-refractivity contribution >= 4 is 23.6 Å². The summed E-state index contributed by atoms with van der Waals surface area (Å²) in [7, 11) is 3.63. The number of nitrogens with zero attached hydrogens (tertiary/aromatic N) is 1. The number of alkyl carbamates (subject to hydrolysis) is 1. The van der Waals surface area contributed by atoms with Crippen LogP contribution in [0.25, 0.3) is 0 Å². The Morgan fingerprint density at radius 2 is 1.74 bits per heavy atom. The number of Topliss-reactive ketones (excluding diaryl/α,β-unsaturated/α-hetero) is 2. The van der Waals surface area contributed by atoms with Crippen molar-refractivity contribution in [3.05, 3.63) is 12.7 Å². The van der Waals surface area contributed by atoms with E-state index < -0.39 is 95.3 Å². The van der Waals surface area contributed by atoms with Crippen molar-refractivity contribution in [2.75, 3.05) is 20.7 Å². The Labute approximate surface area is 271 Å². The maximum atomic E-state index is 17.0. The topological polar surface area (TPSA) is 150 Å². The molecule has 0 radical (unpaired) electrons. The summed E-state index contributed by atoms with van der Waals surface area (Å²) in [5, 5.41) is 13.9. The van der Waals surface area contributed by atoms with Gasteiger partial charge in [0.05, 0.1) is 30.5 Å². The van der Waals surface area contributed by atoms with Gasteiger partial charge >= 0.3 is 12.1 Å². The van der Waals surface area contributed by atoms with Gasteiger partial charge in [0.1, 0.15) is 18.1 Å². The number of likely N-dealkylation sites (N-methyl/N-ethyl adjacent to an activating group) is 1. The smallest absolute Gasteiger partial charge is 0.408 e. The number of alkyl halides is 1. The van der Waals surface area contributed by atoms with Gasteiger partial charge < -0.3 is 39.0 Å². The highest BCUT2D eigenvalue weighted by molar-refractivity contribution is 6.00. The van der Waals surface area contributed by atoms with Crippen LogP contribution in [0.2, 0.25) is 0 Å². The Kier molecular flexibility index (Phi) is 11.9. The van der Waals surface area contributed by atoms with Gasteiger partial charge in [-0.2, -0.15) is 0 Å². The molecular formula is C33H53FN2O10. The molecule has 1 amide bonds. The average Bonchev–Trinajstić information content (AvgIpc) is 3.30. The van der Waals surface area contributed by atoms with E-state index in [4.69, 9.17) is 23.7 Å². The molecule has 3 heterocycles. The highest BCUT2D eigenvalue weighted by Crippen LogP contribution is 2.42. The van der Waals surface area contributed by atoms with Crippen LogP contribution < -0.4 is 5.32 Å². The fourth-order valence-corrected chi connectivity index (χ4v) is 7.40. The number of ether oxygens (including phenoxy) is 5. The molecule has 0 unspecified atom stereocenters. The van der Waals surface area contributed by atoms with Gasteiger partial charge in [-0.15, -0.1) is 6.58 Å². The normalized spacial score (nSPS) is 44.5. The number of aliphatic hydroxyl groups excluding tert-OH is 1. The fraction of sp³-hybridized carbons (Fsp3) is 0.818. The number of ketones is 2. The number of fused-ring (bicyclic) bond motifs is 1. The Morgan fingerprint density at radius 1 is 1.11 bits per heavy atom. The van der Waals surface area contributed by atoms with E-state index in [1.165, 1.54) is 40.7 Å². The van der Waals surface area contributed by atoms with Crippen LogP contribution in [0.1, 0.15) is 74.7 Å². The van der Waals surface area contributed by atoms with Crippen LogP contribution in [0.4, 0.5) is 9.18 Å². The first-order valence-corrected chi connectivity index (χ1v) is 16.1. The van der Waals surface area contributed by atoms with E-state index in [0.29, 0.717) is 6.42 Å². The SMILES string of the molecule is C=CCO[C@]1(C)C[C@](C)(F)C(=O)[C@@H](C)[C@H]2NC(=O)O[C@]2(C)[C@@H](CC)OC(=O)[C@H](C)C(=O)[C@H](C)[C@H]1O[C@@H]1O[C@H](C)C[C@H](N(C)C)[C@H]1O. The number of amides is 1. The van der Waals surface area contributed by atoms with Crippen molar-refractivity contribution in [2.24, 2.45) is 17.8 Å². The zero-order chi connectivity index (χ0) is 34.9. The van der Waals surface area contributed by atoms with E-state index in [9.17, 15) is 24.3 Å². The molecule has 3 aliphatic rings. The maximum Gasteiger partial charge on any atom is 0.408 e. The molecule has 3 fully saturated rings. The monoisotopic (exact) mass is 656 g/mol. The fourth-order valence-electron chi connectivity index (χ4n) is 7.40. The third-order valence-electron chi connectivity index (χ3n) is 9.96. The minimum atomic E-state index is -2.58. The van der Waals surface area contributed by atoms with Crippen LogP contribution in [0, 0.1) is 17.8 Å². The minimum Gasteiger partial charge on any atom is -0.458 e. The summed E-state index contributed by atoms with van der Waals surface area (Å²) in [4.78, 5) is 56.0. The number of nitrogens with one attached hydrogen (secondary N) is 1. The van der Waals surface area contributed by atoms with Gasteiger partial charge in [0, 0.05) is 24.3 Å². The zero-order valence-electron chi connectivity index (χ0n) is 28.8. The van der Waals surface area contributed by atoms with Crippen LogP contribution >= 0.6 is 0 Å². The zero-order valence-corrected chi connectivity index (χ0v) is 28.8. The van der Waals surface area contributed by atoms with E-state index >= 15 is 4.39 Å². The lowest BCUT2D eigenvalue weighted by Gasteiger charge is -2.48. The standard InChI is InChI=1S/C33H53FN2O10/c1-12-14-42-32(8)16-31(7,34)26(39)20(6)25-33(9,46-30(41)35-25)22(13-2)44-28(40)19(5)23(37)18(4)27(32)45-29-24(38)21(36(10)11)15-17(3)43-29/h12,17-22,24-25,27,29,38H,1,13-16H2,2-11H3,(H,35,41)/t17-,18+,19-,20+,21+,22-,24-,25-,27-,29+,31+,32-,33-/m1/s1. The molecule has 0 aromatic heterocycles. The number of esters is 1. The second kappa shape index (κ2) is 14.3. The largest absolute Gasteiger partial charge is 0.458 e. The number of halogens is 1. The number of rotatable bonds is 7.